The number of carbonyl (C=O) groups is 2. The number of pyridine rings is 1. The van der Waals surface area contributed by atoms with Crippen LogP contribution in [0.3, 0.4) is 0 Å². The number of likely N-dealkylation sites (tertiary alicyclic amines) is 1. The fourth-order valence-corrected chi connectivity index (χ4v) is 5.43. The monoisotopic (exact) mass is 517 g/mol. The van der Waals surface area contributed by atoms with Gasteiger partial charge in [-0.05, 0) is 62.8 Å². The summed E-state index contributed by atoms with van der Waals surface area (Å²) in [4.78, 5) is 33.8. The molecule has 9 heteroatoms. The van der Waals surface area contributed by atoms with Crippen LogP contribution in [0.1, 0.15) is 65.8 Å². The number of alkyl halides is 3. The van der Waals surface area contributed by atoms with Crippen molar-refractivity contribution in [3.63, 3.8) is 0 Å². The maximum atomic E-state index is 13.7. The Morgan fingerprint density at radius 2 is 1.73 bits per heavy atom. The van der Waals surface area contributed by atoms with Gasteiger partial charge in [0.25, 0.3) is 5.91 Å². The number of aromatic nitrogens is 1. The van der Waals surface area contributed by atoms with Crippen molar-refractivity contribution in [3.05, 3.63) is 58.9 Å². The lowest BCUT2D eigenvalue weighted by Crippen LogP contribution is -2.51. The molecule has 4 rings (SSSR count). The molecule has 2 aliphatic rings. The summed E-state index contributed by atoms with van der Waals surface area (Å²) in [5, 5.41) is 0. The van der Waals surface area contributed by atoms with E-state index in [4.69, 9.17) is 4.74 Å². The Hall–Kier alpha value is -3.10. The lowest BCUT2D eigenvalue weighted by molar-refractivity contribution is -0.144. The quantitative estimate of drug-likeness (QED) is 0.516. The highest BCUT2D eigenvalue weighted by Crippen LogP contribution is 2.39. The predicted molar refractivity (Wildman–Crippen MR) is 133 cm³/mol. The van der Waals surface area contributed by atoms with Crippen molar-refractivity contribution in [2.24, 2.45) is 5.41 Å². The van der Waals surface area contributed by atoms with E-state index in [0.29, 0.717) is 39.1 Å². The molecular weight excluding hydrogens is 483 g/mol. The van der Waals surface area contributed by atoms with Crippen molar-refractivity contribution in [1.29, 1.82) is 0 Å². The third kappa shape index (κ3) is 6.08. The summed E-state index contributed by atoms with van der Waals surface area (Å²) in [6.45, 7) is 3.04. The number of carbonyl (C=O) groups excluding carboxylic acids is 2. The Morgan fingerprint density at radius 1 is 1.00 bits per heavy atom. The second-order valence-electron chi connectivity index (χ2n) is 10.1. The molecule has 37 heavy (non-hydrogen) atoms. The van der Waals surface area contributed by atoms with E-state index in [1.165, 1.54) is 18.6 Å². The smallest absolute Gasteiger partial charge is 0.433 e. The molecule has 0 saturated carbocycles. The highest BCUT2D eigenvalue weighted by atomic mass is 19.4. The minimum absolute atomic E-state index is 0.0546. The lowest BCUT2D eigenvalue weighted by atomic mass is 9.73. The van der Waals surface area contributed by atoms with Crippen molar-refractivity contribution >= 4 is 11.8 Å². The Morgan fingerprint density at radius 3 is 2.43 bits per heavy atom. The second-order valence-corrected chi connectivity index (χ2v) is 10.1. The molecule has 6 nitrogen and oxygen atoms in total. The van der Waals surface area contributed by atoms with Gasteiger partial charge in [-0.1, -0.05) is 31.0 Å². The van der Waals surface area contributed by atoms with Gasteiger partial charge in [-0.25, -0.2) is 4.98 Å². The molecular formula is C28H34F3N3O3. The van der Waals surface area contributed by atoms with Crippen LogP contribution in [0.25, 0.3) is 0 Å². The van der Waals surface area contributed by atoms with Crippen LogP contribution in [0, 0.1) is 12.3 Å². The number of piperidine rings is 1. The summed E-state index contributed by atoms with van der Waals surface area (Å²) in [6, 6.07) is 10.1. The SMILES string of the molecule is Cc1nc(C(F)(F)F)ccc1C(=O)N1CCC2(CCCCCc3ccccc3OCCN(C)C2=O)CC1. The van der Waals surface area contributed by atoms with Crippen LogP contribution in [0.2, 0.25) is 0 Å². The maximum Gasteiger partial charge on any atom is 0.433 e. The van der Waals surface area contributed by atoms with Crippen molar-refractivity contribution in [2.45, 2.75) is 58.0 Å². The average molecular weight is 518 g/mol. The first-order chi connectivity index (χ1) is 17.6. The van der Waals surface area contributed by atoms with Crippen molar-refractivity contribution in [3.8, 4) is 5.75 Å². The van der Waals surface area contributed by atoms with Crippen LogP contribution in [0.5, 0.6) is 5.75 Å². The lowest BCUT2D eigenvalue weighted by Gasteiger charge is -2.42. The molecule has 0 radical (unpaired) electrons. The van der Waals surface area contributed by atoms with Gasteiger partial charge in [-0.3, -0.25) is 9.59 Å². The van der Waals surface area contributed by atoms with E-state index in [9.17, 15) is 22.8 Å². The van der Waals surface area contributed by atoms with Gasteiger partial charge < -0.3 is 14.5 Å². The Kier molecular flexibility index (Phi) is 8.09. The molecule has 0 unspecified atom stereocenters. The summed E-state index contributed by atoms with van der Waals surface area (Å²) >= 11 is 0. The van der Waals surface area contributed by atoms with E-state index in [2.05, 4.69) is 11.1 Å². The number of hydrogen-bond acceptors (Lipinski definition) is 4. The molecule has 1 aromatic heterocycles. The highest BCUT2D eigenvalue weighted by molar-refractivity contribution is 5.95. The Bertz CT molecular complexity index is 1130. The van der Waals surface area contributed by atoms with Gasteiger partial charge in [0.05, 0.1) is 23.2 Å². The molecule has 0 aliphatic carbocycles. The number of para-hydroxylation sites is 1. The average Bonchev–Trinajstić information content (AvgIpc) is 2.88. The number of fused-ring (bicyclic) bond motifs is 1. The second kappa shape index (κ2) is 11.1. The predicted octanol–water partition coefficient (Wildman–Crippen LogP) is 5.29. The first kappa shape index (κ1) is 26.9. The topological polar surface area (TPSA) is 62.7 Å². The molecule has 2 aromatic rings. The fourth-order valence-electron chi connectivity index (χ4n) is 5.43. The van der Waals surface area contributed by atoms with Gasteiger partial charge in [0, 0.05) is 20.1 Å². The number of ether oxygens (including phenoxy) is 1. The van der Waals surface area contributed by atoms with Gasteiger partial charge in [-0.15, -0.1) is 0 Å². The number of hydrogen-bond donors (Lipinski definition) is 0. The molecule has 0 N–H and O–H groups in total. The van der Waals surface area contributed by atoms with Crippen molar-refractivity contribution in [2.75, 3.05) is 33.3 Å². The number of likely N-dealkylation sites (N-methyl/N-ethyl adjacent to an activating group) is 1. The van der Waals surface area contributed by atoms with Crippen LogP contribution in [-0.2, 0) is 17.4 Å². The molecule has 1 fully saturated rings. The van der Waals surface area contributed by atoms with E-state index in [1.54, 1.807) is 16.8 Å². The molecule has 1 aromatic carbocycles. The van der Waals surface area contributed by atoms with Gasteiger partial charge >= 0.3 is 6.18 Å². The molecule has 1 saturated heterocycles. The summed E-state index contributed by atoms with van der Waals surface area (Å²) < 4.78 is 45.0. The number of nitrogens with zero attached hydrogens (tertiary/aromatic N) is 3. The van der Waals surface area contributed by atoms with Gasteiger partial charge in [0.15, 0.2) is 0 Å². The number of rotatable bonds is 1. The van der Waals surface area contributed by atoms with Gasteiger partial charge in [0.1, 0.15) is 18.1 Å². The first-order valence-corrected chi connectivity index (χ1v) is 12.9. The highest BCUT2D eigenvalue weighted by Gasteiger charge is 2.43. The van der Waals surface area contributed by atoms with Crippen LogP contribution in [0.15, 0.2) is 36.4 Å². The summed E-state index contributed by atoms with van der Waals surface area (Å²) in [6.07, 6.45) is 1.08. The number of aryl methyl sites for hydroxylation is 2. The van der Waals surface area contributed by atoms with E-state index in [-0.39, 0.29) is 23.1 Å². The molecule has 200 valence electrons. The molecule has 1 spiro atoms. The van der Waals surface area contributed by atoms with Crippen LogP contribution >= 0.6 is 0 Å². The van der Waals surface area contributed by atoms with Gasteiger partial charge in [0.2, 0.25) is 5.91 Å². The molecule has 0 bridgehead atoms. The molecule has 2 amide bonds. The number of benzene rings is 1. The van der Waals surface area contributed by atoms with Crippen LogP contribution < -0.4 is 4.74 Å². The molecule has 0 atom stereocenters. The first-order valence-electron chi connectivity index (χ1n) is 12.9. The van der Waals surface area contributed by atoms with Crippen LogP contribution in [-0.4, -0.2) is 59.9 Å². The number of halogens is 3. The largest absolute Gasteiger partial charge is 0.491 e. The van der Waals surface area contributed by atoms with E-state index < -0.39 is 17.3 Å². The normalized spacial score (nSPS) is 19.3. The van der Waals surface area contributed by atoms with E-state index in [1.807, 2.05) is 18.2 Å². The Balaban J connectivity index is 1.45. The minimum atomic E-state index is -4.56. The van der Waals surface area contributed by atoms with E-state index in [0.717, 1.165) is 43.9 Å². The Labute approximate surface area is 215 Å². The molecule has 3 heterocycles. The zero-order chi connectivity index (χ0) is 26.6. The zero-order valence-electron chi connectivity index (χ0n) is 21.4. The van der Waals surface area contributed by atoms with Crippen LogP contribution in [0.4, 0.5) is 13.2 Å². The third-order valence-electron chi connectivity index (χ3n) is 7.67. The third-order valence-corrected chi connectivity index (χ3v) is 7.67. The standard InChI is InChI=1S/C28H34F3N3O3/c1-20-22(11-12-24(32-20)28(29,30)31)25(35)34-16-14-27(15-17-34)13-7-3-4-8-21-9-5-6-10-23(21)37-19-18-33(2)26(27)36/h5-6,9-12H,3-4,7-8,13-19H2,1-2H3. The minimum Gasteiger partial charge on any atom is -0.491 e. The number of amides is 2. The van der Waals surface area contributed by atoms with E-state index >= 15 is 0 Å². The van der Waals surface area contributed by atoms with Crippen molar-refractivity contribution in [1.82, 2.24) is 14.8 Å². The zero-order valence-corrected chi connectivity index (χ0v) is 21.4. The summed E-state index contributed by atoms with van der Waals surface area (Å²) in [7, 11) is 1.80. The summed E-state index contributed by atoms with van der Waals surface area (Å²) in [5.41, 5.74) is -0.160. The van der Waals surface area contributed by atoms with Gasteiger partial charge in [-0.2, -0.15) is 13.2 Å². The fraction of sp³-hybridized carbons (Fsp3) is 0.536. The maximum absolute atomic E-state index is 13.7. The summed E-state index contributed by atoms with van der Waals surface area (Å²) in [5.74, 6) is 0.602. The van der Waals surface area contributed by atoms with Crippen molar-refractivity contribution < 1.29 is 27.5 Å². The molecule has 2 aliphatic heterocycles.